The molecule has 0 radical (unpaired) electrons. The van der Waals surface area contributed by atoms with Crippen molar-refractivity contribution in [2.45, 2.75) is 16.0 Å². The number of carbonyl (C=O) groups excluding carboxylic acids is 1. The van der Waals surface area contributed by atoms with Crippen molar-refractivity contribution >= 4 is 35.0 Å². The first kappa shape index (κ1) is 13.4. The van der Waals surface area contributed by atoms with Crippen molar-refractivity contribution in [3.05, 3.63) is 46.9 Å². The number of rotatable bonds is 2. The number of aliphatic hydroxyl groups is 1. The number of nitrogens with zero attached hydrogens (tertiary/aromatic N) is 1. The minimum absolute atomic E-state index is 0.240. The van der Waals surface area contributed by atoms with Crippen LogP contribution in [0.3, 0.4) is 0 Å². The van der Waals surface area contributed by atoms with Gasteiger partial charge in [-0.15, -0.1) is 0 Å². The molecule has 3 rings (SSSR count). The summed E-state index contributed by atoms with van der Waals surface area (Å²) in [7, 11) is 0. The summed E-state index contributed by atoms with van der Waals surface area (Å²) in [6.07, 6.45) is 0.238. The topological polar surface area (TPSA) is 62.2 Å². The van der Waals surface area contributed by atoms with E-state index >= 15 is 0 Å². The molecule has 1 aromatic carbocycles. The summed E-state index contributed by atoms with van der Waals surface area (Å²) in [5.41, 5.74) is 0.641. The molecule has 0 fully saturated rings. The average molecular weight is 311 g/mol. The zero-order valence-electron chi connectivity index (χ0n) is 9.93. The Balaban J connectivity index is 1.99. The van der Waals surface area contributed by atoms with Crippen LogP contribution in [-0.4, -0.2) is 16.0 Å². The van der Waals surface area contributed by atoms with E-state index in [-0.39, 0.29) is 10.5 Å². The molecule has 2 N–H and O–H groups in total. The maximum absolute atomic E-state index is 14.0. The standard InChI is InChI=1S/C13H8ClFN2O2S/c14-7-2-1-3-16-13(7)20-10-5-9-6(4-8(10)15)11(18)12(19)17-9/h1-5,11,18H,(H,17,19). The van der Waals surface area contributed by atoms with Gasteiger partial charge in [-0.05, 0) is 24.3 Å². The van der Waals surface area contributed by atoms with Gasteiger partial charge in [0.05, 0.1) is 9.92 Å². The van der Waals surface area contributed by atoms with E-state index in [0.717, 1.165) is 17.8 Å². The van der Waals surface area contributed by atoms with E-state index < -0.39 is 17.8 Å². The minimum atomic E-state index is -1.32. The molecular formula is C13H8ClFN2O2S. The molecule has 102 valence electrons. The second kappa shape index (κ2) is 5.05. The number of aromatic nitrogens is 1. The molecule has 2 aromatic rings. The number of carbonyl (C=O) groups is 1. The van der Waals surface area contributed by atoms with E-state index in [1.54, 1.807) is 18.3 Å². The molecule has 0 saturated heterocycles. The highest BCUT2D eigenvalue weighted by Crippen LogP contribution is 2.39. The summed E-state index contributed by atoms with van der Waals surface area (Å²) in [6, 6.07) is 5.96. The highest BCUT2D eigenvalue weighted by molar-refractivity contribution is 7.99. The molecule has 1 aliphatic rings. The van der Waals surface area contributed by atoms with Gasteiger partial charge >= 0.3 is 0 Å². The van der Waals surface area contributed by atoms with E-state index in [4.69, 9.17) is 11.6 Å². The smallest absolute Gasteiger partial charge is 0.257 e. The number of aliphatic hydroxyl groups excluding tert-OH is 1. The van der Waals surface area contributed by atoms with Crippen LogP contribution >= 0.6 is 23.4 Å². The second-order valence-corrected chi connectivity index (χ2v) is 5.59. The third kappa shape index (κ3) is 2.26. The third-order valence-corrected chi connectivity index (χ3v) is 4.30. The lowest BCUT2D eigenvalue weighted by atomic mass is 10.1. The monoisotopic (exact) mass is 310 g/mol. The van der Waals surface area contributed by atoms with Gasteiger partial charge in [0.1, 0.15) is 10.8 Å². The molecule has 0 bridgehead atoms. The van der Waals surface area contributed by atoms with Crippen molar-refractivity contribution in [1.82, 2.24) is 4.98 Å². The Morgan fingerprint density at radius 2 is 2.25 bits per heavy atom. The zero-order valence-corrected chi connectivity index (χ0v) is 11.5. The minimum Gasteiger partial charge on any atom is -0.378 e. The van der Waals surface area contributed by atoms with Crippen LogP contribution in [0.4, 0.5) is 10.1 Å². The fourth-order valence-electron chi connectivity index (χ4n) is 1.87. The lowest BCUT2D eigenvalue weighted by Crippen LogP contribution is -2.10. The summed E-state index contributed by atoms with van der Waals surface area (Å²) >= 11 is 7.03. The summed E-state index contributed by atoms with van der Waals surface area (Å²) in [5.74, 6) is -1.09. The number of halogens is 2. The van der Waals surface area contributed by atoms with E-state index in [1.807, 2.05) is 0 Å². The summed E-state index contributed by atoms with van der Waals surface area (Å²) < 4.78 is 14.0. The maximum Gasteiger partial charge on any atom is 0.257 e. The number of hydrogen-bond acceptors (Lipinski definition) is 4. The van der Waals surface area contributed by atoms with Crippen LogP contribution in [0.15, 0.2) is 40.4 Å². The van der Waals surface area contributed by atoms with Crippen LogP contribution in [0.5, 0.6) is 0 Å². The Labute approximate surface area is 123 Å². The van der Waals surface area contributed by atoms with Crippen molar-refractivity contribution in [2.75, 3.05) is 5.32 Å². The molecule has 0 aliphatic carbocycles. The highest BCUT2D eigenvalue weighted by Gasteiger charge is 2.30. The van der Waals surface area contributed by atoms with Gasteiger partial charge in [0.15, 0.2) is 6.10 Å². The molecular weight excluding hydrogens is 303 g/mol. The highest BCUT2D eigenvalue weighted by atomic mass is 35.5. The Morgan fingerprint density at radius 3 is 3.00 bits per heavy atom. The molecule has 1 amide bonds. The Bertz CT molecular complexity index is 711. The lowest BCUT2D eigenvalue weighted by molar-refractivity contribution is -0.123. The first-order chi connectivity index (χ1) is 9.56. The van der Waals surface area contributed by atoms with Gasteiger partial charge < -0.3 is 10.4 Å². The number of fused-ring (bicyclic) bond motifs is 1. The summed E-state index contributed by atoms with van der Waals surface area (Å²) in [4.78, 5) is 15.7. The number of benzene rings is 1. The number of anilines is 1. The summed E-state index contributed by atoms with van der Waals surface area (Å²) in [6.45, 7) is 0. The molecule has 2 heterocycles. The van der Waals surface area contributed by atoms with Crippen LogP contribution in [0.2, 0.25) is 5.02 Å². The predicted octanol–water partition coefficient (Wildman–Crippen LogP) is 3.01. The van der Waals surface area contributed by atoms with E-state index in [9.17, 15) is 14.3 Å². The average Bonchev–Trinajstić information content (AvgIpc) is 2.69. The fraction of sp³-hybridized carbons (Fsp3) is 0.0769. The van der Waals surface area contributed by atoms with Gasteiger partial charge in [-0.2, -0.15) is 0 Å². The van der Waals surface area contributed by atoms with Crippen LogP contribution in [0.1, 0.15) is 11.7 Å². The molecule has 1 unspecified atom stereocenters. The van der Waals surface area contributed by atoms with Crippen LogP contribution in [0, 0.1) is 5.82 Å². The van der Waals surface area contributed by atoms with Gasteiger partial charge in [-0.3, -0.25) is 4.79 Å². The first-order valence-electron chi connectivity index (χ1n) is 5.67. The molecule has 20 heavy (non-hydrogen) atoms. The number of amides is 1. The molecule has 1 aliphatic heterocycles. The van der Waals surface area contributed by atoms with Gasteiger partial charge in [0, 0.05) is 17.4 Å². The number of nitrogens with one attached hydrogen (secondary N) is 1. The van der Waals surface area contributed by atoms with Crippen molar-refractivity contribution < 1.29 is 14.3 Å². The van der Waals surface area contributed by atoms with Crippen molar-refractivity contribution in [1.29, 1.82) is 0 Å². The van der Waals surface area contributed by atoms with Crippen LogP contribution in [-0.2, 0) is 4.79 Å². The van der Waals surface area contributed by atoms with Crippen LogP contribution < -0.4 is 5.32 Å². The lowest BCUT2D eigenvalue weighted by Gasteiger charge is -2.07. The second-order valence-electron chi connectivity index (χ2n) is 4.15. The Morgan fingerprint density at radius 1 is 1.45 bits per heavy atom. The quantitative estimate of drug-likeness (QED) is 0.895. The summed E-state index contributed by atoms with van der Waals surface area (Å²) in [5, 5.41) is 13.0. The van der Waals surface area contributed by atoms with E-state index in [2.05, 4.69) is 10.3 Å². The van der Waals surface area contributed by atoms with Crippen molar-refractivity contribution in [2.24, 2.45) is 0 Å². The first-order valence-corrected chi connectivity index (χ1v) is 6.86. The van der Waals surface area contributed by atoms with Gasteiger partial charge in [-0.1, -0.05) is 23.4 Å². The van der Waals surface area contributed by atoms with Crippen molar-refractivity contribution in [3.8, 4) is 0 Å². The molecule has 1 aromatic heterocycles. The molecule has 0 spiro atoms. The normalized spacial score (nSPS) is 16.9. The van der Waals surface area contributed by atoms with Crippen molar-refractivity contribution in [3.63, 3.8) is 0 Å². The molecule has 4 nitrogen and oxygen atoms in total. The fourth-order valence-corrected chi connectivity index (χ4v) is 2.93. The van der Waals surface area contributed by atoms with Gasteiger partial charge in [0.2, 0.25) is 0 Å². The predicted molar refractivity (Wildman–Crippen MR) is 73.4 cm³/mol. The number of hydrogen-bond donors (Lipinski definition) is 2. The van der Waals surface area contributed by atoms with E-state index in [0.29, 0.717) is 15.7 Å². The Hall–Kier alpha value is -1.63. The van der Waals surface area contributed by atoms with Gasteiger partial charge in [-0.25, -0.2) is 9.37 Å². The van der Waals surface area contributed by atoms with Crippen LogP contribution in [0.25, 0.3) is 0 Å². The number of pyridine rings is 1. The molecule has 7 heteroatoms. The molecule has 1 atom stereocenters. The zero-order chi connectivity index (χ0) is 14.3. The maximum atomic E-state index is 14.0. The van der Waals surface area contributed by atoms with Gasteiger partial charge in [0.25, 0.3) is 5.91 Å². The SMILES string of the molecule is O=C1Nc2cc(Sc3ncccc3Cl)c(F)cc2C1O. The largest absolute Gasteiger partial charge is 0.378 e. The van der Waals surface area contributed by atoms with E-state index in [1.165, 1.54) is 6.07 Å². The molecule has 0 saturated carbocycles. The third-order valence-electron chi connectivity index (χ3n) is 2.84. The Kier molecular flexibility index (Phi) is 3.37.